The van der Waals surface area contributed by atoms with E-state index in [-0.39, 0.29) is 11.1 Å². The number of rotatable bonds is 8. The van der Waals surface area contributed by atoms with Crippen molar-refractivity contribution in [3.8, 4) is 0 Å². The van der Waals surface area contributed by atoms with E-state index in [9.17, 15) is 9.59 Å². The van der Waals surface area contributed by atoms with Crippen molar-refractivity contribution in [3.05, 3.63) is 70.8 Å². The first kappa shape index (κ1) is 21.4. The summed E-state index contributed by atoms with van der Waals surface area (Å²) in [6, 6.07) is 14.4. The highest BCUT2D eigenvalue weighted by Gasteiger charge is 2.13. The van der Waals surface area contributed by atoms with Crippen LogP contribution >= 0.6 is 0 Å². The number of carboxylic acid groups (broad SMARTS) is 2. The molecular formula is C22H28O4. The van der Waals surface area contributed by atoms with Gasteiger partial charge in [0.25, 0.3) is 0 Å². The lowest BCUT2D eigenvalue weighted by molar-refractivity contribution is 0.0651. The van der Waals surface area contributed by atoms with E-state index < -0.39 is 11.9 Å². The van der Waals surface area contributed by atoms with E-state index in [2.05, 4.69) is 38.1 Å². The molecule has 2 aromatic rings. The summed E-state index contributed by atoms with van der Waals surface area (Å²) in [5.74, 6) is -2.46. The molecule has 0 unspecified atom stereocenters. The van der Waals surface area contributed by atoms with Crippen LogP contribution in [0.3, 0.4) is 0 Å². The quantitative estimate of drug-likeness (QED) is 0.659. The van der Waals surface area contributed by atoms with Gasteiger partial charge in [0.05, 0.1) is 11.1 Å². The Kier molecular flexibility index (Phi) is 9.77. The van der Waals surface area contributed by atoms with Crippen molar-refractivity contribution in [3.63, 3.8) is 0 Å². The van der Waals surface area contributed by atoms with Crippen molar-refractivity contribution in [2.24, 2.45) is 0 Å². The Hall–Kier alpha value is -2.62. The van der Waals surface area contributed by atoms with E-state index in [0.29, 0.717) is 0 Å². The molecule has 0 radical (unpaired) electrons. The molecule has 0 aromatic heterocycles. The van der Waals surface area contributed by atoms with Crippen molar-refractivity contribution in [1.29, 1.82) is 0 Å². The molecule has 140 valence electrons. The molecule has 0 atom stereocenters. The third-order valence-electron chi connectivity index (χ3n) is 4.11. The van der Waals surface area contributed by atoms with Crippen molar-refractivity contribution in [2.75, 3.05) is 0 Å². The van der Waals surface area contributed by atoms with E-state index in [4.69, 9.17) is 10.2 Å². The van der Waals surface area contributed by atoms with Crippen LogP contribution in [0.4, 0.5) is 0 Å². The number of benzene rings is 2. The summed E-state index contributed by atoms with van der Waals surface area (Å²) in [6.45, 7) is 4.52. The number of aromatic carboxylic acids is 2. The third kappa shape index (κ3) is 7.09. The van der Waals surface area contributed by atoms with Gasteiger partial charge in [0.1, 0.15) is 0 Å². The molecule has 0 heterocycles. The first-order valence-corrected chi connectivity index (χ1v) is 9.13. The Morgan fingerprint density at radius 3 is 1.35 bits per heavy atom. The van der Waals surface area contributed by atoms with E-state index in [1.165, 1.54) is 62.8 Å². The van der Waals surface area contributed by atoms with Crippen molar-refractivity contribution in [2.45, 2.75) is 52.4 Å². The van der Waals surface area contributed by atoms with Gasteiger partial charge in [0, 0.05) is 0 Å². The Morgan fingerprint density at radius 2 is 1.04 bits per heavy atom. The van der Waals surface area contributed by atoms with E-state index in [1.54, 1.807) is 11.1 Å². The maximum absolute atomic E-state index is 10.5. The van der Waals surface area contributed by atoms with Crippen LogP contribution in [0.2, 0.25) is 0 Å². The van der Waals surface area contributed by atoms with Gasteiger partial charge in [-0.15, -0.1) is 0 Å². The highest BCUT2D eigenvalue weighted by molar-refractivity contribution is 6.01. The monoisotopic (exact) mass is 356 g/mol. The molecule has 0 saturated carbocycles. The van der Waals surface area contributed by atoms with Gasteiger partial charge in [-0.3, -0.25) is 0 Å². The van der Waals surface area contributed by atoms with Gasteiger partial charge in [-0.05, 0) is 48.9 Å². The van der Waals surface area contributed by atoms with Crippen molar-refractivity contribution < 1.29 is 19.8 Å². The standard InChI is InChI=1S/C14H22.C8H6O4/c1-3-5-9-13-11-7-8-12-14(13)10-6-4-2;9-7(10)5-3-1-2-4-6(5)8(11)12/h7-8,11-12H,3-6,9-10H2,1-2H3;1-4H,(H,9,10)(H,11,12). The smallest absolute Gasteiger partial charge is 0.336 e. The molecule has 0 aliphatic heterocycles. The lowest BCUT2D eigenvalue weighted by Gasteiger charge is -2.07. The minimum Gasteiger partial charge on any atom is -0.478 e. The summed E-state index contributed by atoms with van der Waals surface area (Å²) in [7, 11) is 0. The molecule has 2 N–H and O–H groups in total. The van der Waals surface area contributed by atoms with Gasteiger partial charge in [0.2, 0.25) is 0 Å². The van der Waals surface area contributed by atoms with Crippen LogP contribution in [0.1, 0.15) is 71.4 Å². The minimum absolute atomic E-state index is 0.190. The lowest BCUT2D eigenvalue weighted by atomic mass is 9.98. The highest BCUT2D eigenvalue weighted by atomic mass is 16.4. The summed E-state index contributed by atoms with van der Waals surface area (Å²) in [5, 5.41) is 17.1. The zero-order chi connectivity index (χ0) is 19.4. The number of unbranched alkanes of at least 4 members (excludes halogenated alkanes) is 2. The van der Waals surface area contributed by atoms with Crippen LogP contribution in [-0.4, -0.2) is 22.2 Å². The molecule has 0 bridgehead atoms. The number of carboxylic acids is 2. The summed E-state index contributed by atoms with van der Waals surface area (Å²) in [6.07, 6.45) is 7.75. The van der Waals surface area contributed by atoms with Crippen LogP contribution in [0, 0.1) is 0 Å². The van der Waals surface area contributed by atoms with Gasteiger partial charge in [-0.25, -0.2) is 9.59 Å². The Morgan fingerprint density at radius 1 is 0.692 bits per heavy atom. The SMILES string of the molecule is CCCCc1ccccc1CCCC.O=C(O)c1ccccc1C(=O)O. The Bertz CT molecular complexity index is 647. The molecule has 0 spiro atoms. The molecule has 0 fully saturated rings. The first-order valence-electron chi connectivity index (χ1n) is 9.13. The average molecular weight is 356 g/mol. The summed E-state index contributed by atoms with van der Waals surface area (Å²) < 4.78 is 0. The van der Waals surface area contributed by atoms with Gasteiger partial charge in [-0.1, -0.05) is 63.1 Å². The number of hydrogen-bond acceptors (Lipinski definition) is 2. The second kappa shape index (κ2) is 11.9. The molecule has 4 heteroatoms. The normalized spacial score (nSPS) is 9.92. The minimum atomic E-state index is -1.23. The topological polar surface area (TPSA) is 74.6 Å². The fourth-order valence-electron chi connectivity index (χ4n) is 2.64. The van der Waals surface area contributed by atoms with E-state index in [1.807, 2.05) is 0 Å². The van der Waals surface area contributed by atoms with E-state index >= 15 is 0 Å². The van der Waals surface area contributed by atoms with Gasteiger partial charge in [-0.2, -0.15) is 0 Å². The summed E-state index contributed by atoms with van der Waals surface area (Å²) in [5.41, 5.74) is 2.76. The van der Waals surface area contributed by atoms with Crippen LogP contribution < -0.4 is 0 Å². The van der Waals surface area contributed by atoms with Crippen molar-refractivity contribution in [1.82, 2.24) is 0 Å². The molecule has 0 amide bonds. The zero-order valence-electron chi connectivity index (χ0n) is 15.6. The first-order chi connectivity index (χ1) is 12.5. The third-order valence-corrected chi connectivity index (χ3v) is 4.11. The average Bonchev–Trinajstić information content (AvgIpc) is 2.65. The second-order valence-electron chi connectivity index (χ2n) is 6.13. The van der Waals surface area contributed by atoms with Crippen molar-refractivity contribution >= 4 is 11.9 Å². The predicted octanol–water partition coefficient (Wildman–Crippen LogP) is 5.45. The zero-order valence-corrected chi connectivity index (χ0v) is 15.6. The highest BCUT2D eigenvalue weighted by Crippen LogP contribution is 2.14. The molecule has 2 aromatic carbocycles. The summed E-state index contributed by atoms with van der Waals surface area (Å²) >= 11 is 0. The molecular weight excluding hydrogens is 328 g/mol. The number of hydrogen-bond donors (Lipinski definition) is 2. The van der Waals surface area contributed by atoms with Crippen LogP contribution in [0.25, 0.3) is 0 Å². The molecule has 4 nitrogen and oxygen atoms in total. The predicted molar refractivity (Wildman–Crippen MR) is 104 cm³/mol. The Labute approximate surface area is 155 Å². The lowest BCUT2D eigenvalue weighted by Crippen LogP contribution is -2.06. The summed E-state index contributed by atoms with van der Waals surface area (Å²) in [4.78, 5) is 20.9. The van der Waals surface area contributed by atoms with Gasteiger partial charge in [0.15, 0.2) is 0 Å². The number of aryl methyl sites for hydroxylation is 2. The fourth-order valence-corrected chi connectivity index (χ4v) is 2.64. The maximum Gasteiger partial charge on any atom is 0.336 e. The molecule has 26 heavy (non-hydrogen) atoms. The Balaban J connectivity index is 0.000000263. The van der Waals surface area contributed by atoms with Crippen LogP contribution in [0.5, 0.6) is 0 Å². The largest absolute Gasteiger partial charge is 0.478 e. The molecule has 0 aliphatic rings. The van der Waals surface area contributed by atoms with E-state index in [0.717, 1.165) is 0 Å². The molecule has 0 saturated heterocycles. The van der Waals surface area contributed by atoms with Crippen LogP contribution in [0.15, 0.2) is 48.5 Å². The van der Waals surface area contributed by atoms with Gasteiger partial charge >= 0.3 is 11.9 Å². The fraction of sp³-hybridized carbons (Fsp3) is 0.364. The second-order valence-corrected chi connectivity index (χ2v) is 6.13. The maximum atomic E-state index is 10.5. The molecule has 2 rings (SSSR count). The molecule has 0 aliphatic carbocycles. The van der Waals surface area contributed by atoms with Gasteiger partial charge < -0.3 is 10.2 Å². The number of carbonyl (C=O) groups is 2. The van der Waals surface area contributed by atoms with Crippen LogP contribution in [-0.2, 0) is 12.8 Å².